The van der Waals surface area contributed by atoms with Crippen LogP contribution in [0.1, 0.15) is 40.5 Å². The van der Waals surface area contributed by atoms with Gasteiger partial charge >= 0.3 is 0 Å². The van der Waals surface area contributed by atoms with Crippen molar-refractivity contribution in [1.82, 2.24) is 9.80 Å². The number of hydrogen-bond donors (Lipinski definition) is 0. The van der Waals surface area contributed by atoms with Crippen LogP contribution < -0.4 is 0 Å². The smallest absolute Gasteiger partial charge is 0.0828 e. The predicted octanol–water partition coefficient (Wildman–Crippen LogP) is 2.46. The molecule has 2 fully saturated rings. The average molecular weight is 268 g/mol. The Morgan fingerprint density at radius 2 is 1.68 bits per heavy atom. The number of ether oxygens (including phenoxy) is 1. The number of piperidine rings is 1. The molecule has 0 amide bonds. The van der Waals surface area contributed by atoms with Crippen LogP contribution in [0.15, 0.2) is 0 Å². The van der Waals surface area contributed by atoms with Gasteiger partial charge in [0.05, 0.1) is 6.10 Å². The zero-order valence-electron chi connectivity index (χ0n) is 13.3. The monoisotopic (exact) mass is 268 g/mol. The molecule has 19 heavy (non-hydrogen) atoms. The Bertz CT molecular complexity index is 253. The highest BCUT2D eigenvalue weighted by Gasteiger charge is 2.30. The first-order valence-corrected chi connectivity index (χ1v) is 8.12. The van der Waals surface area contributed by atoms with Gasteiger partial charge in [0.25, 0.3) is 0 Å². The third-order valence-electron chi connectivity index (χ3n) is 4.48. The van der Waals surface area contributed by atoms with E-state index in [4.69, 9.17) is 4.74 Å². The highest BCUT2D eigenvalue weighted by atomic mass is 16.5. The van der Waals surface area contributed by atoms with Crippen molar-refractivity contribution < 1.29 is 4.74 Å². The highest BCUT2D eigenvalue weighted by molar-refractivity contribution is 4.84. The van der Waals surface area contributed by atoms with Crippen molar-refractivity contribution >= 4 is 0 Å². The molecule has 0 aromatic carbocycles. The molecule has 0 atom stereocenters. The summed E-state index contributed by atoms with van der Waals surface area (Å²) in [4.78, 5) is 5.20. The third-order valence-corrected chi connectivity index (χ3v) is 4.48. The van der Waals surface area contributed by atoms with Crippen molar-refractivity contribution in [3.8, 4) is 0 Å². The van der Waals surface area contributed by atoms with Crippen molar-refractivity contribution in [3.63, 3.8) is 0 Å². The molecular weight excluding hydrogens is 236 g/mol. The van der Waals surface area contributed by atoms with Crippen LogP contribution in [0.4, 0.5) is 0 Å². The molecule has 2 rings (SSSR count). The van der Waals surface area contributed by atoms with Gasteiger partial charge in [-0.15, -0.1) is 0 Å². The second kappa shape index (κ2) is 7.05. The first kappa shape index (κ1) is 15.3. The summed E-state index contributed by atoms with van der Waals surface area (Å²) in [6, 6.07) is 0.721. The summed E-state index contributed by atoms with van der Waals surface area (Å²) in [5.74, 6) is 1.58. The van der Waals surface area contributed by atoms with Gasteiger partial charge in [0, 0.05) is 32.3 Å². The average Bonchev–Trinajstić information content (AvgIpc) is 2.32. The van der Waals surface area contributed by atoms with Gasteiger partial charge in [0.2, 0.25) is 0 Å². The topological polar surface area (TPSA) is 15.7 Å². The molecule has 2 aliphatic rings. The quantitative estimate of drug-likeness (QED) is 0.736. The van der Waals surface area contributed by atoms with Crippen LogP contribution >= 0.6 is 0 Å². The standard InChI is InChI=1S/C16H32N2O/c1-13(2)12-19-16-10-17(11-16)9-15-5-7-18(8-6-15)14(3)4/h13-16H,5-12H2,1-4H3. The van der Waals surface area contributed by atoms with E-state index in [-0.39, 0.29) is 0 Å². The number of likely N-dealkylation sites (tertiary alicyclic amines) is 2. The number of hydrogen-bond acceptors (Lipinski definition) is 3. The van der Waals surface area contributed by atoms with Gasteiger partial charge in [-0.05, 0) is 51.6 Å². The Balaban J connectivity index is 1.56. The van der Waals surface area contributed by atoms with Crippen LogP contribution in [0.25, 0.3) is 0 Å². The molecule has 0 saturated carbocycles. The van der Waals surface area contributed by atoms with Crippen molar-refractivity contribution in [2.45, 2.75) is 52.7 Å². The molecule has 3 nitrogen and oxygen atoms in total. The first-order chi connectivity index (χ1) is 9.04. The maximum absolute atomic E-state index is 5.86. The maximum atomic E-state index is 5.86. The lowest BCUT2D eigenvalue weighted by molar-refractivity contribution is -0.0697. The lowest BCUT2D eigenvalue weighted by atomic mass is 9.94. The molecule has 0 radical (unpaired) electrons. The van der Waals surface area contributed by atoms with Gasteiger partial charge in [-0.3, -0.25) is 4.90 Å². The van der Waals surface area contributed by atoms with Crippen LogP contribution in [0.2, 0.25) is 0 Å². The van der Waals surface area contributed by atoms with E-state index in [1.165, 1.54) is 32.5 Å². The summed E-state index contributed by atoms with van der Waals surface area (Å²) >= 11 is 0. The summed E-state index contributed by atoms with van der Waals surface area (Å²) in [6.45, 7) is 16.2. The minimum absolute atomic E-state index is 0.512. The van der Waals surface area contributed by atoms with Gasteiger partial charge in [-0.25, -0.2) is 0 Å². The normalized spacial score (nSPS) is 24.3. The molecule has 0 unspecified atom stereocenters. The number of rotatable bonds is 6. The van der Waals surface area contributed by atoms with Gasteiger partial charge < -0.3 is 9.64 Å². The highest BCUT2D eigenvalue weighted by Crippen LogP contribution is 2.23. The van der Waals surface area contributed by atoms with Gasteiger partial charge in [0.1, 0.15) is 0 Å². The van der Waals surface area contributed by atoms with Crippen molar-refractivity contribution in [3.05, 3.63) is 0 Å². The fourth-order valence-corrected chi connectivity index (χ4v) is 3.12. The fourth-order valence-electron chi connectivity index (χ4n) is 3.12. The molecule has 2 saturated heterocycles. The molecule has 112 valence electrons. The third kappa shape index (κ3) is 4.73. The van der Waals surface area contributed by atoms with Crippen LogP contribution in [-0.4, -0.2) is 61.3 Å². The Hall–Kier alpha value is -0.120. The van der Waals surface area contributed by atoms with E-state index in [1.54, 1.807) is 0 Å². The van der Waals surface area contributed by atoms with Gasteiger partial charge in [-0.1, -0.05) is 13.8 Å². The Labute approximate surface area is 119 Å². The van der Waals surface area contributed by atoms with Gasteiger partial charge in [-0.2, -0.15) is 0 Å². The summed E-state index contributed by atoms with van der Waals surface area (Å²) in [5.41, 5.74) is 0. The second-order valence-electron chi connectivity index (χ2n) is 7.14. The largest absolute Gasteiger partial charge is 0.375 e. The molecule has 0 aliphatic carbocycles. The summed E-state index contributed by atoms with van der Waals surface area (Å²) < 4.78 is 5.86. The molecule has 3 heteroatoms. The lowest BCUT2D eigenvalue weighted by Gasteiger charge is -2.43. The van der Waals surface area contributed by atoms with E-state index in [1.807, 2.05) is 0 Å². The van der Waals surface area contributed by atoms with Crippen LogP contribution in [0.3, 0.4) is 0 Å². The second-order valence-corrected chi connectivity index (χ2v) is 7.14. The Kier molecular flexibility index (Phi) is 5.67. The van der Waals surface area contributed by atoms with Gasteiger partial charge in [0.15, 0.2) is 0 Å². The minimum Gasteiger partial charge on any atom is -0.375 e. The Morgan fingerprint density at radius 1 is 1.05 bits per heavy atom. The van der Waals surface area contributed by atoms with E-state index >= 15 is 0 Å². The molecule has 2 heterocycles. The van der Waals surface area contributed by atoms with E-state index in [0.29, 0.717) is 12.0 Å². The Morgan fingerprint density at radius 3 is 2.21 bits per heavy atom. The zero-order chi connectivity index (χ0) is 13.8. The molecule has 0 aromatic heterocycles. The molecule has 2 aliphatic heterocycles. The van der Waals surface area contributed by atoms with E-state index in [9.17, 15) is 0 Å². The summed E-state index contributed by atoms with van der Waals surface area (Å²) in [6.07, 6.45) is 3.27. The summed E-state index contributed by atoms with van der Waals surface area (Å²) in [5, 5.41) is 0. The van der Waals surface area contributed by atoms with Crippen LogP contribution in [0, 0.1) is 11.8 Å². The first-order valence-electron chi connectivity index (χ1n) is 8.12. The maximum Gasteiger partial charge on any atom is 0.0828 e. The van der Waals surface area contributed by atoms with E-state index in [2.05, 4.69) is 37.5 Å². The van der Waals surface area contributed by atoms with Crippen molar-refractivity contribution in [2.24, 2.45) is 11.8 Å². The van der Waals surface area contributed by atoms with Crippen molar-refractivity contribution in [2.75, 3.05) is 39.3 Å². The predicted molar refractivity (Wildman–Crippen MR) is 80.5 cm³/mol. The molecule has 0 bridgehead atoms. The van der Waals surface area contributed by atoms with Crippen LogP contribution in [-0.2, 0) is 4.74 Å². The number of nitrogens with zero attached hydrogens (tertiary/aromatic N) is 2. The molecule has 0 aromatic rings. The van der Waals surface area contributed by atoms with E-state index in [0.717, 1.165) is 31.7 Å². The van der Waals surface area contributed by atoms with Crippen molar-refractivity contribution in [1.29, 1.82) is 0 Å². The molecule has 0 spiro atoms. The lowest BCUT2D eigenvalue weighted by Crippen LogP contribution is -2.54. The summed E-state index contributed by atoms with van der Waals surface area (Å²) in [7, 11) is 0. The molecule has 0 N–H and O–H groups in total. The fraction of sp³-hybridized carbons (Fsp3) is 1.00. The zero-order valence-corrected chi connectivity index (χ0v) is 13.3. The minimum atomic E-state index is 0.512. The van der Waals surface area contributed by atoms with E-state index < -0.39 is 0 Å². The SMILES string of the molecule is CC(C)COC1CN(CC2CCN(C(C)C)CC2)C1. The van der Waals surface area contributed by atoms with Crippen LogP contribution in [0.5, 0.6) is 0 Å². The molecular formula is C16H32N2O.